The third-order valence-corrected chi connectivity index (χ3v) is 9.23. The number of fused-ring (bicyclic) bond motifs is 5. The van der Waals surface area contributed by atoms with Crippen molar-refractivity contribution in [1.82, 2.24) is 0 Å². The third kappa shape index (κ3) is 3.40. The molecule has 0 aromatic carbocycles. The number of esters is 1. The summed E-state index contributed by atoms with van der Waals surface area (Å²) in [5.74, 6) is 0.329. The van der Waals surface area contributed by atoms with Crippen LogP contribution in [-0.2, 0) is 23.8 Å². The third-order valence-electron chi connectivity index (χ3n) is 9.12. The van der Waals surface area contributed by atoms with E-state index in [2.05, 4.69) is 13.8 Å². The van der Waals surface area contributed by atoms with E-state index in [0.29, 0.717) is 25.9 Å². The second-order valence-corrected chi connectivity index (χ2v) is 10.5. The second-order valence-electron chi connectivity index (χ2n) is 10.2. The molecule has 0 aliphatic heterocycles. The van der Waals surface area contributed by atoms with E-state index in [4.69, 9.17) is 25.8 Å². The van der Waals surface area contributed by atoms with Gasteiger partial charge in [0.25, 0.3) is 0 Å². The van der Waals surface area contributed by atoms with Crippen LogP contribution in [0.15, 0.2) is 11.6 Å². The number of hydrogen-bond donors (Lipinski definition) is 1. The molecule has 0 amide bonds. The Kier molecular flexibility index (Phi) is 6.32. The van der Waals surface area contributed by atoms with Gasteiger partial charge in [-0.15, -0.1) is 0 Å². The average molecular weight is 455 g/mol. The highest BCUT2D eigenvalue weighted by atomic mass is 35.5. The molecule has 4 rings (SSSR count). The average Bonchev–Trinajstić information content (AvgIpc) is 3.01. The van der Waals surface area contributed by atoms with E-state index in [0.717, 1.165) is 25.7 Å². The van der Waals surface area contributed by atoms with Gasteiger partial charge in [-0.2, -0.15) is 0 Å². The van der Waals surface area contributed by atoms with Crippen molar-refractivity contribution in [3.8, 4) is 0 Å². The zero-order valence-corrected chi connectivity index (χ0v) is 19.6. The number of allylic oxidation sites excluding steroid dienone is 1. The van der Waals surface area contributed by atoms with Gasteiger partial charge in [-0.1, -0.05) is 31.0 Å². The van der Waals surface area contributed by atoms with Crippen LogP contribution in [0, 0.1) is 28.6 Å². The van der Waals surface area contributed by atoms with Gasteiger partial charge in [-0.05, 0) is 74.7 Å². The van der Waals surface area contributed by atoms with Crippen molar-refractivity contribution < 1.29 is 28.9 Å². The number of halogens is 1. The molecule has 3 saturated carbocycles. The normalized spacial score (nSPS) is 44.2. The summed E-state index contributed by atoms with van der Waals surface area (Å²) in [6.45, 7) is 6.67. The van der Waals surface area contributed by atoms with Crippen LogP contribution in [0.2, 0.25) is 0 Å². The second kappa shape index (κ2) is 8.44. The fraction of sp³-hybridized carbons (Fsp3) is 0.833. The molecule has 7 atom stereocenters. The van der Waals surface area contributed by atoms with Crippen LogP contribution in [-0.4, -0.2) is 48.0 Å². The molecule has 4 aliphatic rings. The first-order valence-corrected chi connectivity index (χ1v) is 12.1. The van der Waals surface area contributed by atoms with Crippen molar-refractivity contribution in [3.05, 3.63) is 11.6 Å². The summed E-state index contributed by atoms with van der Waals surface area (Å²) in [6, 6.07) is -0.228. The van der Waals surface area contributed by atoms with Crippen molar-refractivity contribution in [3.63, 3.8) is 0 Å². The Morgan fingerprint density at radius 2 is 2.03 bits per heavy atom. The number of hydrogen-bond acceptors (Lipinski definition) is 6. The summed E-state index contributed by atoms with van der Waals surface area (Å²) >= 11 is 5.75. The quantitative estimate of drug-likeness (QED) is 0.283. The first kappa shape index (κ1) is 23.2. The van der Waals surface area contributed by atoms with E-state index >= 15 is 0 Å². The van der Waals surface area contributed by atoms with Crippen LogP contribution in [0.3, 0.4) is 0 Å². The topological polar surface area (TPSA) is 82.1 Å². The van der Waals surface area contributed by atoms with Crippen LogP contribution in [0.1, 0.15) is 65.7 Å². The lowest BCUT2D eigenvalue weighted by molar-refractivity contribution is -0.231. The monoisotopic (exact) mass is 454 g/mol. The summed E-state index contributed by atoms with van der Waals surface area (Å²) in [4.78, 5) is 25.3. The fourth-order valence-corrected chi connectivity index (χ4v) is 7.80. The lowest BCUT2D eigenvalue weighted by Gasteiger charge is -2.60. The van der Waals surface area contributed by atoms with Gasteiger partial charge in [-0.3, -0.25) is 4.79 Å². The van der Waals surface area contributed by atoms with E-state index in [1.165, 1.54) is 5.57 Å². The summed E-state index contributed by atoms with van der Waals surface area (Å²) < 4.78 is 16.9. The number of carbonyl (C=O) groups excluding carboxylic acids is 2. The Morgan fingerprint density at radius 1 is 1.26 bits per heavy atom. The highest BCUT2D eigenvalue weighted by Gasteiger charge is 2.70. The number of carbonyl (C=O) groups is 2. The van der Waals surface area contributed by atoms with Crippen LogP contribution < -0.4 is 0 Å². The van der Waals surface area contributed by atoms with Crippen molar-refractivity contribution >= 4 is 23.4 Å². The van der Waals surface area contributed by atoms with E-state index < -0.39 is 23.1 Å². The standard InChI is InChI=1S/C24H35ClO6/c1-4-29-14-31-24(21(28)30-13-25)10-8-18-17-6-5-15-11-16(26)7-9-22(15,2)20(17)19(27)12-23(18,24)3/h11,17-20,27H,4-10,12-14H2,1-3H3/t17-,18-,19-,20+,22-,23-,24-/m0/s1. The van der Waals surface area contributed by atoms with Crippen LogP contribution >= 0.6 is 11.6 Å². The summed E-state index contributed by atoms with van der Waals surface area (Å²) in [6.07, 6.45) is 6.21. The van der Waals surface area contributed by atoms with E-state index in [1.54, 1.807) is 0 Å². The number of ketones is 1. The van der Waals surface area contributed by atoms with Gasteiger partial charge in [0.1, 0.15) is 6.79 Å². The number of aliphatic hydroxyl groups is 1. The maximum absolute atomic E-state index is 13.2. The molecule has 6 nitrogen and oxygen atoms in total. The highest BCUT2D eigenvalue weighted by molar-refractivity contribution is 6.17. The lowest BCUT2D eigenvalue weighted by atomic mass is 9.45. The maximum Gasteiger partial charge on any atom is 0.340 e. The molecule has 0 radical (unpaired) electrons. The molecule has 31 heavy (non-hydrogen) atoms. The lowest BCUT2D eigenvalue weighted by Crippen LogP contribution is -2.62. The first-order valence-electron chi connectivity index (χ1n) is 11.6. The number of aliphatic hydroxyl groups excluding tert-OH is 1. The van der Waals surface area contributed by atoms with Crippen molar-refractivity contribution in [2.24, 2.45) is 28.6 Å². The SMILES string of the molecule is CCOCO[C@]1(C(=O)OCCl)CC[C@H]2[C@@H]3CCC4=CC(=O)CC[C@]4(C)[C@H]3[C@@H](O)C[C@@]21C. The van der Waals surface area contributed by atoms with Crippen molar-refractivity contribution in [2.45, 2.75) is 77.4 Å². The molecule has 0 bridgehead atoms. The molecule has 0 spiro atoms. The van der Waals surface area contributed by atoms with Gasteiger partial charge in [-0.25, -0.2) is 4.79 Å². The van der Waals surface area contributed by atoms with Gasteiger partial charge < -0.3 is 19.3 Å². The molecule has 0 saturated heterocycles. The zero-order chi connectivity index (χ0) is 22.4. The molecule has 174 valence electrons. The Hall–Kier alpha value is -0.950. The van der Waals surface area contributed by atoms with Crippen molar-refractivity contribution in [2.75, 3.05) is 19.5 Å². The number of rotatable bonds is 6. The Balaban J connectivity index is 1.70. The molecule has 0 aromatic heterocycles. The van der Waals surface area contributed by atoms with Gasteiger partial charge in [0.15, 0.2) is 17.5 Å². The Morgan fingerprint density at radius 3 is 2.74 bits per heavy atom. The van der Waals surface area contributed by atoms with E-state index in [1.807, 2.05) is 13.0 Å². The predicted octanol–water partition coefficient (Wildman–Crippen LogP) is 3.98. The number of alkyl halides is 1. The summed E-state index contributed by atoms with van der Waals surface area (Å²) in [5.41, 5.74) is -0.708. The molecule has 0 unspecified atom stereocenters. The minimum atomic E-state index is -1.17. The zero-order valence-electron chi connectivity index (χ0n) is 18.8. The minimum Gasteiger partial charge on any atom is -0.447 e. The number of ether oxygens (including phenoxy) is 3. The first-order chi connectivity index (χ1) is 14.7. The van der Waals surface area contributed by atoms with Crippen LogP contribution in [0.5, 0.6) is 0 Å². The summed E-state index contributed by atoms with van der Waals surface area (Å²) in [5, 5.41) is 11.5. The molecular formula is C24H35ClO6. The predicted molar refractivity (Wildman–Crippen MR) is 115 cm³/mol. The molecule has 1 N–H and O–H groups in total. The van der Waals surface area contributed by atoms with Crippen LogP contribution in [0.4, 0.5) is 0 Å². The van der Waals surface area contributed by atoms with Gasteiger partial charge in [0, 0.05) is 18.4 Å². The minimum absolute atomic E-state index is 0.00704. The molecular weight excluding hydrogens is 420 g/mol. The van der Waals surface area contributed by atoms with Gasteiger partial charge in [0.05, 0.1) is 6.10 Å². The molecule has 0 heterocycles. The molecule has 0 aromatic rings. The largest absolute Gasteiger partial charge is 0.447 e. The van der Waals surface area contributed by atoms with E-state index in [9.17, 15) is 14.7 Å². The fourth-order valence-electron chi connectivity index (χ4n) is 7.70. The van der Waals surface area contributed by atoms with Crippen LogP contribution in [0.25, 0.3) is 0 Å². The molecule has 3 fully saturated rings. The molecule has 7 heteroatoms. The van der Waals surface area contributed by atoms with Gasteiger partial charge >= 0.3 is 5.97 Å². The maximum atomic E-state index is 13.2. The van der Waals surface area contributed by atoms with E-state index in [-0.39, 0.29) is 41.8 Å². The Bertz CT molecular complexity index is 767. The van der Waals surface area contributed by atoms with Crippen molar-refractivity contribution in [1.29, 1.82) is 0 Å². The summed E-state index contributed by atoms with van der Waals surface area (Å²) in [7, 11) is 0. The molecule has 4 aliphatic carbocycles. The smallest absolute Gasteiger partial charge is 0.340 e. The van der Waals surface area contributed by atoms with Gasteiger partial charge in [0.2, 0.25) is 0 Å². The highest BCUT2D eigenvalue weighted by Crippen LogP contribution is 2.68. The Labute approximate surface area is 189 Å².